The summed E-state index contributed by atoms with van der Waals surface area (Å²) in [6.07, 6.45) is 0. The van der Waals surface area contributed by atoms with E-state index in [4.69, 9.17) is 0 Å². The second-order valence-electron chi connectivity index (χ2n) is 14.8. The normalized spacial score (nSPS) is 13.1. The Morgan fingerprint density at radius 1 is 0.565 bits per heavy atom. The standard InChI is InChI=1S/C42H34N8O13S5.Na/c1-20-5-16-30-35(37(20)67(58,59)60)64-41(45-30)24-7-11-26(12-8-24)47-49-33(22(3)51)39(53)43-28-15-18-29(32(19-28)66(55,56)57)44-40(54)34(23(4)52)50-48-27-13-9-25(10-14-27)42-46-31-17-6-21(2)38(36(31)65-42)68(61,62)63;/h5-19,33-34H,1-4H3,(H,43,53)(H,44,54)(H,55,56,57)(H,58,59,60)(H,61,62,63);/q;+1. The van der Waals surface area contributed by atoms with E-state index in [9.17, 15) is 58.1 Å². The zero-order valence-electron chi connectivity index (χ0n) is 36.5. The number of aromatic nitrogens is 2. The SMILES string of the molecule is CC(=O)C(N=Nc1ccc(-c2nc3ccc(C)c(S(=O)(=O)O)c3s2)cc1)C(=O)Nc1ccc(NC(=O)C(N=Nc2ccc(-c3nc4ccc(C)c(S(=O)(=O)O)c4s3)cc2)C(C)=O)c(S(=O)(=O)O)c1.[Na+]. The van der Waals surface area contributed by atoms with Crippen molar-refractivity contribution in [2.75, 3.05) is 10.6 Å². The number of rotatable bonds is 15. The second kappa shape index (κ2) is 20.6. The van der Waals surface area contributed by atoms with Gasteiger partial charge in [-0.15, -0.1) is 22.7 Å². The summed E-state index contributed by atoms with van der Waals surface area (Å²) in [5.74, 6) is -3.71. The van der Waals surface area contributed by atoms with Gasteiger partial charge in [0.15, 0.2) is 11.6 Å². The van der Waals surface area contributed by atoms with Crippen molar-refractivity contribution in [3.63, 3.8) is 0 Å². The van der Waals surface area contributed by atoms with Gasteiger partial charge in [-0.3, -0.25) is 32.8 Å². The van der Waals surface area contributed by atoms with Gasteiger partial charge in [0.2, 0.25) is 12.1 Å². The molecule has 0 spiro atoms. The van der Waals surface area contributed by atoms with Gasteiger partial charge in [0.25, 0.3) is 42.2 Å². The molecule has 5 aromatic carbocycles. The molecule has 0 fully saturated rings. The smallest absolute Gasteiger partial charge is 0.324 e. The third kappa shape index (κ3) is 11.9. The fraction of sp³-hybridized carbons (Fsp3) is 0.143. The maximum atomic E-state index is 13.3. The number of thiazole rings is 2. The van der Waals surface area contributed by atoms with Crippen molar-refractivity contribution in [1.82, 2.24) is 9.97 Å². The number of azo groups is 2. The maximum absolute atomic E-state index is 13.3. The molecule has 2 heterocycles. The molecular formula is C42H34N8NaO13S5+. The summed E-state index contributed by atoms with van der Waals surface area (Å²) in [4.78, 5) is 59.2. The van der Waals surface area contributed by atoms with Gasteiger partial charge in [-0.05, 0) is 118 Å². The number of nitrogens with one attached hydrogen (secondary N) is 2. The summed E-state index contributed by atoms with van der Waals surface area (Å²) in [5, 5.41) is 21.1. The molecule has 350 valence electrons. The van der Waals surface area contributed by atoms with Crippen LogP contribution in [0.3, 0.4) is 0 Å². The zero-order valence-corrected chi connectivity index (χ0v) is 42.5. The first-order valence-electron chi connectivity index (χ1n) is 19.4. The van der Waals surface area contributed by atoms with Crippen LogP contribution in [-0.4, -0.2) is 84.3 Å². The van der Waals surface area contributed by atoms with Gasteiger partial charge in [0.05, 0.1) is 37.5 Å². The number of nitrogens with zero attached hydrogens (tertiary/aromatic N) is 6. The van der Waals surface area contributed by atoms with E-state index >= 15 is 0 Å². The van der Waals surface area contributed by atoms with E-state index in [-0.39, 0.29) is 65.8 Å². The molecule has 69 heavy (non-hydrogen) atoms. The van der Waals surface area contributed by atoms with E-state index in [0.29, 0.717) is 43.3 Å². The third-order valence-electron chi connectivity index (χ3n) is 9.79. The van der Waals surface area contributed by atoms with E-state index in [1.807, 2.05) is 0 Å². The number of hydrogen-bond acceptors (Lipinski definition) is 18. The molecule has 0 aliphatic heterocycles. The van der Waals surface area contributed by atoms with Crippen LogP contribution in [0.25, 0.3) is 41.6 Å². The van der Waals surface area contributed by atoms with Crippen molar-refractivity contribution in [2.24, 2.45) is 20.5 Å². The van der Waals surface area contributed by atoms with Crippen LogP contribution in [-0.2, 0) is 49.5 Å². The minimum absolute atomic E-state index is 0. The van der Waals surface area contributed by atoms with Gasteiger partial charge in [-0.1, -0.05) is 12.1 Å². The van der Waals surface area contributed by atoms with E-state index in [2.05, 4.69) is 41.1 Å². The largest absolute Gasteiger partial charge is 1.00 e. The van der Waals surface area contributed by atoms with E-state index in [1.54, 1.807) is 50.2 Å². The van der Waals surface area contributed by atoms with Crippen LogP contribution in [0.2, 0.25) is 0 Å². The number of benzene rings is 5. The Morgan fingerprint density at radius 3 is 1.35 bits per heavy atom. The average Bonchev–Trinajstić information content (AvgIpc) is 3.88. The Labute approximate surface area is 422 Å². The number of fused-ring (bicyclic) bond motifs is 2. The van der Waals surface area contributed by atoms with Gasteiger partial charge < -0.3 is 10.6 Å². The van der Waals surface area contributed by atoms with Crippen molar-refractivity contribution in [1.29, 1.82) is 0 Å². The number of carbonyl (C=O) groups excluding carboxylic acids is 4. The molecule has 2 atom stereocenters. The molecule has 0 bridgehead atoms. The number of amides is 2. The Balaban J connectivity index is 0.00000782. The Hall–Kier alpha value is -5.91. The van der Waals surface area contributed by atoms with E-state index in [0.717, 1.165) is 54.7 Å². The fourth-order valence-electron chi connectivity index (χ4n) is 6.58. The molecule has 21 nitrogen and oxygen atoms in total. The second-order valence-corrected chi connectivity index (χ2v) is 20.9. The molecule has 0 aliphatic rings. The number of hydrogen-bond donors (Lipinski definition) is 5. The third-order valence-corrected chi connectivity index (χ3v) is 15.3. The molecule has 2 unspecified atom stereocenters. The molecule has 0 saturated carbocycles. The minimum atomic E-state index is -5.11. The van der Waals surface area contributed by atoms with Crippen LogP contribution in [0.1, 0.15) is 25.0 Å². The van der Waals surface area contributed by atoms with Crippen LogP contribution < -0.4 is 40.2 Å². The Morgan fingerprint density at radius 2 is 0.971 bits per heavy atom. The molecule has 0 radical (unpaired) electrons. The monoisotopic (exact) mass is 1040 g/mol. The van der Waals surface area contributed by atoms with Crippen molar-refractivity contribution in [3.05, 3.63) is 102 Å². The summed E-state index contributed by atoms with van der Waals surface area (Å²) in [5.41, 5.74) is 2.14. The molecule has 2 amide bonds. The van der Waals surface area contributed by atoms with Crippen molar-refractivity contribution in [2.45, 2.75) is 54.5 Å². The van der Waals surface area contributed by atoms with Gasteiger partial charge in [0.1, 0.15) is 24.7 Å². The van der Waals surface area contributed by atoms with Gasteiger partial charge in [0, 0.05) is 16.8 Å². The summed E-state index contributed by atoms with van der Waals surface area (Å²) in [6, 6.07) is 18.0. The first-order chi connectivity index (χ1) is 31.9. The molecule has 27 heteroatoms. The van der Waals surface area contributed by atoms with Gasteiger partial charge in [-0.25, -0.2) is 9.97 Å². The van der Waals surface area contributed by atoms with E-state index < -0.39 is 76.4 Å². The van der Waals surface area contributed by atoms with Gasteiger partial charge in [-0.2, -0.15) is 45.7 Å². The Kier molecular flexibility index (Phi) is 15.7. The fourth-order valence-corrected chi connectivity index (χ4v) is 11.9. The van der Waals surface area contributed by atoms with Gasteiger partial charge >= 0.3 is 29.6 Å². The quantitative estimate of drug-likeness (QED) is 0.0392. The van der Waals surface area contributed by atoms with Crippen LogP contribution in [0.4, 0.5) is 22.7 Å². The predicted molar refractivity (Wildman–Crippen MR) is 251 cm³/mol. The Bertz CT molecular complexity index is 3640. The predicted octanol–water partition coefficient (Wildman–Crippen LogP) is 4.96. The van der Waals surface area contributed by atoms with Crippen LogP contribution in [0.15, 0.2) is 126 Å². The molecule has 0 aliphatic carbocycles. The van der Waals surface area contributed by atoms with Crippen molar-refractivity contribution < 1.29 is 87.6 Å². The molecule has 5 N–H and O–H groups in total. The van der Waals surface area contributed by atoms with Crippen molar-refractivity contribution >= 4 is 120 Å². The summed E-state index contributed by atoms with van der Waals surface area (Å²) < 4.78 is 103. The molecular weight excluding hydrogens is 1010 g/mol. The molecule has 2 aromatic heterocycles. The zero-order chi connectivity index (χ0) is 49.5. The number of carbonyl (C=O) groups is 4. The summed E-state index contributed by atoms with van der Waals surface area (Å²) >= 11 is 2.09. The summed E-state index contributed by atoms with van der Waals surface area (Å²) in [7, 11) is -14.2. The number of anilines is 2. The minimum Gasteiger partial charge on any atom is -0.324 e. The van der Waals surface area contributed by atoms with E-state index in [1.165, 1.54) is 36.4 Å². The van der Waals surface area contributed by atoms with Crippen LogP contribution in [0.5, 0.6) is 0 Å². The molecule has 7 aromatic rings. The number of aryl methyl sites for hydroxylation is 2. The van der Waals surface area contributed by atoms with Crippen molar-refractivity contribution in [3.8, 4) is 21.1 Å². The summed E-state index contributed by atoms with van der Waals surface area (Å²) in [6.45, 7) is 5.20. The molecule has 7 rings (SSSR count). The molecule has 0 saturated heterocycles. The number of Topliss-reactive ketones (excluding diaryl/α,β-unsaturated/α-hetero) is 2. The van der Waals surface area contributed by atoms with Crippen LogP contribution in [0, 0.1) is 13.8 Å². The first-order valence-corrected chi connectivity index (χ1v) is 25.4. The average molecular weight is 1040 g/mol. The maximum Gasteiger partial charge on any atom is 1.00 e. The first kappa shape index (κ1) is 52.5. The topological polar surface area (TPSA) is 331 Å². The van der Waals surface area contributed by atoms with Crippen LogP contribution >= 0.6 is 22.7 Å². The number of ketones is 2.